The number of carbonyl (C=O) groups excluding carboxylic acids is 1. The van der Waals surface area contributed by atoms with Crippen LogP contribution in [0, 0.1) is 5.92 Å². The summed E-state index contributed by atoms with van der Waals surface area (Å²) >= 11 is 0. The average molecular weight is 606 g/mol. The fourth-order valence-corrected chi connectivity index (χ4v) is 5.68. The quantitative estimate of drug-likeness (QED) is 0.156. The molecule has 45 heavy (non-hydrogen) atoms. The van der Waals surface area contributed by atoms with E-state index in [1.54, 1.807) is 0 Å². The molecule has 234 valence electrons. The predicted octanol–water partition coefficient (Wildman–Crippen LogP) is 6.75. The van der Waals surface area contributed by atoms with E-state index >= 15 is 0 Å². The first kappa shape index (κ1) is 32.1. The Labute approximate surface area is 266 Å². The Balaban J connectivity index is 1.30. The molecule has 0 aromatic heterocycles. The van der Waals surface area contributed by atoms with Gasteiger partial charge in [0.15, 0.2) is 6.29 Å². The lowest BCUT2D eigenvalue weighted by molar-refractivity contribution is -0.275. The first-order valence-corrected chi connectivity index (χ1v) is 15.5. The van der Waals surface area contributed by atoms with Gasteiger partial charge >= 0.3 is 6.03 Å². The number of nitrogens with one attached hydrogen (secondary N) is 2. The Kier molecular flexibility index (Phi) is 11.2. The van der Waals surface area contributed by atoms with Crippen molar-refractivity contribution < 1.29 is 19.4 Å². The van der Waals surface area contributed by atoms with Crippen molar-refractivity contribution in [1.82, 2.24) is 15.5 Å². The van der Waals surface area contributed by atoms with Crippen LogP contribution in [0.2, 0.25) is 0 Å². The standard InChI is InChI=1S/C38H43N3O4/c1-4-20-41(3)25-35-27(2)36(31-18-16-29(26-42)17-19-31)45-37(44-35)34-15-9-14-33(22-34)32-13-8-12-30(21-32)24-40-38(43)39-23-28-10-6-5-7-11-28/h4-19,21-22,27,35-37,42H,1,20,23-26H2,2-3H3,(H2,39,40,43)/t27-,35+,36+,37+/m0/s1. The zero-order valence-electron chi connectivity index (χ0n) is 26.1. The van der Waals surface area contributed by atoms with Crippen LogP contribution in [0.4, 0.5) is 4.79 Å². The van der Waals surface area contributed by atoms with E-state index in [9.17, 15) is 9.90 Å². The number of nitrogens with zero attached hydrogens (tertiary/aromatic N) is 1. The van der Waals surface area contributed by atoms with Gasteiger partial charge in [-0.05, 0) is 52.6 Å². The highest BCUT2D eigenvalue weighted by atomic mass is 16.7. The fourth-order valence-electron chi connectivity index (χ4n) is 5.68. The molecule has 7 nitrogen and oxygen atoms in total. The fraction of sp³-hybridized carbons (Fsp3) is 0.289. The van der Waals surface area contributed by atoms with Gasteiger partial charge in [-0.15, -0.1) is 6.58 Å². The molecule has 4 atom stereocenters. The van der Waals surface area contributed by atoms with Gasteiger partial charge < -0.3 is 30.1 Å². The van der Waals surface area contributed by atoms with Crippen LogP contribution in [0.15, 0.2) is 116 Å². The van der Waals surface area contributed by atoms with Crippen LogP contribution in [0.25, 0.3) is 11.1 Å². The summed E-state index contributed by atoms with van der Waals surface area (Å²) in [6.07, 6.45) is 1.10. The first-order chi connectivity index (χ1) is 21.9. The molecule has 7 heteroatoms. The summed E-state index contributed by atoms with van der Waals surface area (Å²) in [6.45, 7) is 8.47. The molecular weight excluding hydrogens is 562 g/mol. The van der Waals surface area contributed by atoms with Gasteiger partial charge in [0.2, 0.25) is 0 Å². The van der Waals surface area contributed by atoms with Crippen LogP contribution >= 0.6 is 0 Å². The minimum Gasteiger partial charge on any atom is -0.392 e. The molecule has 0 spiro atoms. The number of rotatable bonds is 12. The second-order valence-electron chi connectivity index (χ2n) is 11.7. The lowest BCUT2D eigenvalue weighted by Gasteiger charge is -2.42. The predicted molar refractivity (Wildman–Crippen MR) is 178 cm³/mol. The highest BCUT2D eigenvalue weighted by Gasteiger charge is 2.38. The summed E-state index contributed by atoms with van der Waals surface area (Å²) < 4.78 is 13.3. The molecule has 1 heterocycles. The van der Waals surface area contributed by atoms with Gasteiger partial charge in [0.1, 0.15) is 0 Å². The van der Waals surface area contributed by atoms with Crippen molar-refractivity contribution >= 4 is 6.03 Å². The molecule has 5 rings (SSSR count). The molecule has 1 fully saturated rings. The van der Waals surface area contributed by atoms with Crippen LogP contribution in [0.1, 0.15) is 47.1 Å². The molecule has 0 aliphatic carbocycles. The zero-order valence-corrected chi connectivity index (χ0v) is 26.1. The highest BCUT2D eigenvalue weighted by molar-refractivity contribution is 5.74. The van der Waals surface area contributed by atoms with Crippen molar-refractivity contribution in [1.29, 1.82) is 0 Å². The second-order valence-corrected chi connectivity index (χ2v) is 11.7. The Morgan fingerprint density at radius 1 is 0.822 bits per heavy atom. The number of amides is 2. The molecule has 1 aliphatic rings. The van der Waals surface area contributed by atoms with Gasteiger partial charge in [-0.25, -0.2) is 4.79 Å². The van der Waals surface area contributed by atoms with Crippen LogP contribution in [0.3, 0.4) is 0 Å². The summed E-state index contributed by atoms with van der Waals surface area (Å²) in [7, 11) is 2.07. The molecular formula is C38H43N3O4. The van der Waals surface area contributed by atoms with E-state index in [0.717, 1.165) is 52.0 Å². The van der Waals surface area contributed by atoms with E-state index in [4.69, 9.17) is 9.47 Å². The molecule has 1 saturated heterocycles. The largest absolute Gasteiger partial charge is 0.392 e. The number of carbonyl (C=O) groups is 1. The van der Waals surface area contributed by atoms with Crippen LogP contribution in [0.5, 0.6) is 0 Å². The number of benzene rings is 4. The van der Waals surface area contributed by atoms with E-state index in [1.807, 2.05) is 84.9 Å². The summed E-state index contributed by atoms with van der Waals surface area (Å²) in [5.74, 6) is 0.103. The molecule has 3 N–H and O–H groups in total. The molecule has 0 radical (unpaired) electrons. The second kappa shape index (κ2) is 15.6. The summed E-state index contributed by atoms with van der Waals surface area (Å²) in [5, 5.41) is 15.4. The van der Waals surface area contributed by atoms with Gasteiger partial charge in [-0.2, -0.15) is 0 Å². The number of hydrogen-bond donors (Lipinski definition) is 3. The van der Waals surface area contributed by atoms with Crippen molar-refractivity contribution in [3.8, 4) is 11.1 Å². The van der Waals surface area contributed by atoms with E-state index in [1.165, 1.54) is 0 Å². The van der Waals surface area contributed by atoms with E-state index < -0.39 is 6.29 Å². The Bertz CT molecular complexity index is 1540. The average Bonchev–Trinajstić information content (AvgIpc) is 3.08. The maximum atomic E-state index is 12.4. The molecule has 0 unspecified atom stereocenters. The Hall–Kier alpha value is -4.27. The Morgan fingerprint density at radius 3 is 2.20 bits per heavy atom. The van der Waals surface area contributed by atoms with Crippen LogP contribution in [-0.4, -0.2) is 42.3 Å². The number of likely N-dealkylation sites (N-methyl/N-ethyl adjacent to an activating group) is 1. The molecule has 4 aromatic rings. The van der Waals surface area contributed by atoms with Crippen LogP contribution in [-0.2, 0) is 29.2 Å². The third-order valence-corrected chi connectivity index (χ3v) is 8.22. The molecule has 0 bridgehead atoms. The van der Waals surface area contributed by atoms with Gasteiger partial charge in [-0.3, -0.25) is 0 Å². The topological polar surface area (TPSA) is 83.1 Å². The maximum absolute atomic E-state index is 12.4. The van der Waals surface area contributed by atoms with Crippen LogP contribution < -0.4 is 10.6 Å². The van der Waals surface area contributed by atoms with Crippen molar-refractivity contribution in [2.75, 3.05) is 20.1 Å². The van der Waals surface area contributed by atoms with E-state index in [0.29, 0.717) is 13.1 Å². The number of hydrogen-bond acceptors (Lipinski definition) is 5. The van der Waals surface area contributed by atoms with Gasteiger partial charge in [0.05, 0.1) is 18.8 Å². The maximum Gasteiger partial charge on any atom is 0.315 e. The first-order valence-electron chi connectivity index (χ1n) is 15.5. The van der Waals surface area contributed by atoms with E-state index in [-0.39, 0.29) is 30.8 Å². The van der Waals surface area contributed by atoms with Gasteiger partial charge in [0.25, 0.3) is 0 Å². The molecule has 1 aliphatic heterocycles. The number of aliphatic hydroxyl groups is 1. The van der Waals surface area contributed by atoms with Crippen molar-refractivity contribution in [2.24, 2.45) is 5.92 Å². The third-order valence-electron chi connectivity index (χ3n) is 8.22. The summed E-state index contributed by atoms with van der Waals surface area (Å²) in [6, 6.07) is 34.1. The minimum absolute atomic E-state index is 0.00752. The molecule has 2 amide bonds. The van der Waals surface area contributed by atoms with Crippen molar-refractivity contribution in [3.05, 3.63) is 144 Å². The van der Waals surface area contributed by atoms with Gasteiger partial charge in [0, 0.05) is 37.7 Å². The zero-order chi connectivity index (χ0) is 31.6. The summed E-state index contributed by atoms with van der Waals surface area (Å²) in [5.41, 5.74) is 7.01. The monoisotopic (exact) mass is 605 g/mol. The smallest absolute Gasteiger partial charge is 0.315 e. The SMILES string of the molecule is C=CCN(C)C[C@H]1O[C@@H](c2cccc(-c3cccc(CNC(=O)NCc4ccccc4)c3)c2)O[C@@H](c2ccc(CO)cc2)[C@H]1C. The molecule has 4 aromatic carbocycles. The van der Waals surface area contributed by atoms with E-state index in [2.05, 4.69) is 60.3 Å². The summed E-state index contributed by atoms with van der Waals surface area (Å²) in [4.78, 5) is 14.6. The van der Waals surface area contributed by atoms with Crippen molar-refractivity contribution in [2.45, 2.75) is 45.1 Å². The normalized spacial score (nSPS) is 19.6. The lowest BCUT2D eigenvalue weighted by Crippen LogP contribution is -2.43. The molecule has 0 saturated carbocycles. The number of ether oxygens (including phenoxy) is 2. The Morgan fingerprint density at radius 2 is 1.49 bits per heavy atom. The van der Waals surface area contributed by atoms with Crippen molar-refractivity contribution in [3.63, 3.8) is 0 Å². The third kappa shape index (κ3) is 8.68. The van der Waals surface area contributed by atoms with Gasteiger partial charge in [-0.1, -0.05) is 104 Å². The highest BCUT2D eigenvalue weighted by Crippen LogP contribution is 2.42. The number of urea groups is 1. The number of aliphatic hydroxyl groups excluding tert-OH is 1. The lowest BCUT2D eigenvalue weighted by atomic mass is 9.90. The minimum atomic E-state index is -0.552.